The minimum Gasteiger partial charge on any atom is -0.399 e. The molecule has 0 aliphatic carbocycles. The largest absolute Gasteiger partial charge is 0.399 e. The van der Waals surface area contributed by atoms with Crippen molar-refractivity contribution in [1.82, 2.24) is 9.78 Å². The average molecular weight is 344 g/mol. The molecule has 0 unspecified atom stereocenters. The Bertz CT molecular complexity index is 720. The fourth-order valence-electron chi connectivity index (χ4n) is 1.85. The Morgan fingerprint density at radius 1 is 1.24 bits per heavy atom. The maximum atomic E-state index is 12.0. The Hall–Kier alpha value is -1.17. The van der Waals surface area contributed by atoms with Crippen LogP contribution >= 0.6 is 35.0 Å². The van der Waals surface area contributed by atoms with Crippen LogP contribution in [-0.2, 0) is 7.05 Å². The molecule has 0 radical (unpaired) electrons. The quantitative estimate of drug-likeness (QED) is 0.857. The van der Waals surface area contributed by atoms with Crippen molar-refractivity contribution >= 4 is 40.7 Å². The first-order valence-electron chi connectivity index (χ1n) is 6.30. The highest BCUT2D eigenvalue weighted by Gasteiger charge is 2.14. The van der Waals surface area contributed by atoms with E-state index in [0.29, 0.717) is 31.2 Å². The number of rotatable bonds is 3. The molecule has 2 aromatic rings. The van der Waals surface area contributed by atoms with Gasteiger partial charge in [0.25, 0.3) is 5.56 Å². The number of hydrogen-bond acceptors (Lipinski definition) is 4. The first kappa shape index (κ1) is 16.2. The highest BCUT2D eigenvalue weighted by Crippen LogP contribution is 2.39. The number of benzene rings is 1. The van der Waals surface area contributed by atoms with Crippen LogP contribution in [0.3, 0.4) is 0 Å². The third kappa shape index (κ3) is 3.54. The van der Waals surface area contributed by atoms with E-state index in [2.05, 4.69) is 5.10 Å². The molecule has 0 atom stereocenters. The number of aromatic nitrogens is 2. The van der Waals surface area contributed by atoms with Gasteiger partial charge in [-0.25, -0.2) is 4.68 Å². The lowest BCUT2D eigenvalue weighted by Crippen LogP contribution is -2.24. The van der Waals surface area contributed by atoms with Gasteiger partial charge in [0.05, 0.1) is 14.9 Å². The lowest BCUT2D eigenvalue weighted by molar-refractivity contribution is 0.642. The van der Waals surface area contributed by atoms with Crippen LogP contribution in [0.4, 0.5) is 5.69 Å². The van der Waals surface area contributed by atoms with Gasteiger partial charge in [-0.1, -0.05) is 48.8 Å². The minimum atomic E-state index is -0.0937. The van der Waals surface area contributed by atoms with Crippen LogP contribution < -0.4 is 11.3 Å². The first-order chi connectivity index (χ1) is 9.79. The molecule has 0 aliphatic rings. The van der Waals surface area contributed by atoms with Crippen molar-refractivity contribution in [2.24, 2.45) is 7.05 Å². The molecule has 0 spiro atoms. The standard InChI is InChI=1S/C14H15Cl2N3OS/c1-7(2)9-6-12(18-19(3)14(9)20)21-13-10(15)4-8(17)5-11(13)16/h4-7H,17H2,1-3H3. The zero-order chi connectivity index (χ0) is 15.7. The smallest absolute Gasteiger partial charge is 0.270 e. The minimum absolute atomic E-state index is 0.0937. The molecule has 0 saturated carbocycles. The molecule has 4 nitrogen and oxygen atoms in total. The molecular formula is C14H15Cl2N3OS. The average Bonchev–Trinajstić information content (AvgIpc) is 2.37. The summed E-state index contributed by atoms with van der Waals surface area (Å²) in [4.78, 5) is 12.7. The molecule has 21 heavy (non-hydrogen) atoms. The van der Waals surface area contributed by atoms with Gasteiger partial charge in [0, 0.05) is 18.3 Å². The van der Waals surface area contributed by atoms with E-state index in [1.807, 2.05) is 13.8 Å². The lowest BCUT2D eigenvalue weighted by atomic mass is 10.1. The van der Waals surface area contributed by atoms with Gasteiger partial charge in [-0.3, -0.25) is 4.79 Å². The number of anilines is 1. The predicted molar refractivity (Wildman–Crippen MR) is 88.6 cm³/mol. The molecule has 1 heterocycles. The molecule has 112 valence electrons. The van der Waals surface area contributed by atoms with Gasteiger partial charge >= 0.3 is 0 Å². The lowest BCUT2D eigenvalue weighted by Gasteiger charge is -2.11. The maximum absolute atomic E-state index is 12.0. The third-order valence-electron chi connectivity index (χ3n) is 2.92. The summed E-state index contributed by atoms with van der Waals surface area (Å²) in [5, 5.41) is 5.82. The van der Waals surface area contributed by atoms with Gasteiger partial charge in [0.15, 0.2) is 0 Å². The monoisotopic (exact) mass is 343 g/mol. The van der Waals surface area contributed by atoms with Crippen molar-refractivity contribution in [1.29, 1.82) is 0 Å². The second-order valence-corrected chi connectivity index (χ2v) is 6.78. The fourth-order valence-corrected chi connectivity index (χ4v) is 3.46. The summed E-state index contributed by atoms with van der Waals surface area (Å²) in [5.41, 5.74) is 6.81. The SMILES string of the molecule is CC(C)c1cc(Sc2c(Cl)cc(N)cc2Cl)nn(C)c1=O. The van der Waals surface area contributed by atoms with Crippen LogP contribution in [0.25, 0.3) is 0 Å². The molecular weight excluding hydrogens is 329 g/mol. The van der Waals surface area contributed by atoms with Gasteiger partial charge in [-0.2, -0.15) is 5.10 Å². The fraction of sp³-hybridized carbons (Fsp3) is 0.286. The zero-order valence-corrected chi connectivity index (χ0v) is 14.2. The number of nitrogens with zero attached hydrogens (tertiary/aromatic N) is 2. The van der Waals surface area contributed by atoms with Gasteiger partial charge in [-0.15, -0.1) is 0 Å². The van der Waals surface area contributed by atoms with E-state index < -0.39 is 0 Å². The molecule has 1 aromatic carbocycles. The molecule has 0 saturated heterocycles. The molecule has 0 aliphatic heterocycles. The molecule has 2 N–H and O–H groups in total. The Kier molecular flexibility index (Phi) is 4.86. The molecule has 7 heteroatoms. The predicted octanol–water partition coefficient (Wildman–Crippen LogP) is 3.94. The number of nitrogens with two attached hydrogens (primary N) is 1. The van der Waals surface area contributed by atoms with Crippen LogP contribution in [-0.4, -0.2) is 9.78 Å². The first-order valence-corrected chi connectivity index (χ1v) is 7.87. The molecule has 0 fully saturated rings. The van der Waals surface area contributed by atoms with E-state index in [9.17, 15) is 4.79 Å². The van der Waals surface area contributed by atoms with Crippen molar-refractivity contribution in [3.63, 3.8) is 0 Å². The number of hydrogen-bond donors (Lipinski definition) is 1. The van der Waals surface area contributed by atoms with Gasteiger partial charge in [0.1, 0.15) is 5.03 Å². The summed E-state index contributed by atoms with van der Waals surface area (Å²) in [6.45, 7) is 3.93. The summed E-state index contributed by atoms with van der Waals surface area (Å²) < 4.78 is 1.33. The normalized spacial score (nSPS) is 11.1. The zero-order valence-electron chi connectivity index (χ0n) is 11.9. The second-order valence-electron chi connectivity index (χ2n) is 4.94. The Balaban J connectivity index is 2.48. The molecule has 1 aromatic heterocycles. The summed E-state index contributed by atoms with van der Waals surface area (Å²) >= 11 is 13.7. The highest BCUT2D eigenvalue weighted by molar-refractivity contribution is 7.99. The van der Waals surface area contributed by atoms with Crippen LogP contribution in [0.5, 0.6) is 0 Å². The summed E-state index contributed by atoms with van der Waals surface area (Å²) in [6, 6.07) is 5.06. The summed E-state index contributed by atoms with van der Waals surface area (Å²) in [7, 11) is 1.63. The Morgan fingerprint density at radius 3 is 2.33 bits per heavy atom. The van der Waals surface area contributed by atoms with Gasteiger partial charge < -0.3 is 5.73 Å². The summed E-state index contributed by atoms with van der Waals surface area (Å²) in [5.74, 6) is 0.114. The topological polar surface area (TPSA) is 60.9 Å². The van der Waals surface area contributed by atoms with Crippen molar-refractivity contribution in [2.75, 3.05) is 5.73 Å². The number of halogens is 2. The van der Waals surface area contributed by atoms with Crippen molar-refractivity contribution < 1.29 is 0 Å². The van der Waals surface area contributed by atoms with Crippen LogP contribution in [0.1, 0.15) is 25.3 Å². The van der Waals surface area contributed by atoms with Crippen molar-refractivity contribution in [2.45, 2.75) is 29.7 Å². The van der Waals surface area contributed by atoms with E-state index in [-0.39, 0.29) is 11.5 Å². The van der Waals surface area contributed by atoms with E-state index in [0.717, 1.165) is 0 Å². The van der Waals surface area contributed by atoms with Crippen LogP contribution in [0, 0.1) is 0 Å². The summed E-state index contributed by atoms with van der Waals surface area (Å²) in [6.07, 6.45) is 0. The number of nitrogen functional groups attached to an aromatic ring is 1. The van der Waals surface area contributed by atoms with Crippen LogP contribution in [0.2, 0.25) is 10.0 Å². The number of aryl methyl sites for hydroxylation is 1. The van der Waals surface area contributed by atoms with E-state index >= 15 is 0 Å². The highest BCUT2D eigenvalue weighted by atomic mass is 35.5. The molecule has 2 rings (SSSR count). The maximum Gasteiger partial charge on any atom is 0.270 e. The molecule has 0 bridgehead atoms. The van der Waals surface area contributed by atoms with E-state index in [1.54, 1.807) is 25.2 Å². The van der Waals surface area contributed by atoms with E-state index in [4.69, 9.17) is 28.9 Å². The van der Waals surface area contributed by atoms with Crippen molar-refractivity contribution in [3.8, 4) is 0 Å². The van der Waals surface area contributed by atoms with Gasteiger partial charge in [0.2, 0.25) is 0 Å². The Labute approximate surface area is 137 Å². The van der Waals surface area contributed by atoms with Gasteiger partial charge in [-0.05, 0) is 24.1 Å². The van der Waals surface area contributed by atoms with Crippen LogP contribution in [0.15, 0.2) is 32.9 Å². The van der Waals surface area contributed by atoms with E-state index in [1.165, 1.54) is 16.4 Å². The van der Waals surface area contributed by atoms with Crippen molar-refractivity contribution in [3.05, 3.63) is 44.2 Å². The second kappa shape index (κ2) is 6.30. The Morgan fingerprint density at radius 2 is 1.81 bits per heavy atom. The third-order valence-corrected chi connectivity index (χ3v) is 4.79. The molecule has 0 amide bonds.